The number of amides is 1. The molecule has 2 aliphatic heterocycles. The number of aromatic hydroxyl groups is 1. The molecule has 132 valence electrons. The van der Waals surface area contributed by atoms with E-state index in [-0.39, 0.29) is 0 Å². The number of carbonyl (C=O) groups is 1. The Kier molecular flexibility index (Phi) is 5.29. The lowest BCUT2D eigenvalue weighted by molar-refractivity contribution is -0.137. The van der Waals surface area contributed by atoms with Crippen molar-refractivity contribution in [2.45, 2.75) is 32.7 Å². The Morgan fingerprint density at radius 3 is 2.62 bits per heavy atom. The standard InChI is InChI=1S/C19H29N3O2/c1-15(2)22-14-16(6-7-19(22)24)13-20-8-10-21(11-9-20)17-4-3-5-18(23)12-17/h3-5,12,15-16,23H,6-11,13-14H2,1-2H3. The minimum atomic E-state index is 0.308. The summed E-state index contributed by atoms with van der Waals surface area (Å²) >= 11 is 0. The molecule has 0 saturated carbocycles. The molecule has 2 saturated heterocycles. The van der Waals surface area contributed by atoms with Crippen LogP contribution in [0.25, 0.3) is 0 Å². The van der Waals surface area contributed by atoms with Gasteiger partial charge in [-0.3, -0.25) is 9.69 Å². The lowest BCUT2D eigenvalue weighted by Gasteiger charge is -2.40. The molecule has 2 heterocycles. The van der Waals surface area contributed by atoms with Gasteiger partial charge in [-0.05, 0) is 38.3 Å². The van der Waals surface area contributed by atoms with Crippen LogP contribution in [-0.2, 0) is 4.79 Å². The minimum Gasteiger partial charge on any atom is -0.508 e. The monoisotopic (exact) mass is 331 g/mol. The Balaban J connectivity index is 1.49. The molecule has 5 heteroatoms. The zero-order chi connectivity index (χ0) is 17.1. The third-order valence-electron chi connectivity index (χ3n) is 5.25. The zero-order valence-electron chi connectivity index (χ0n) is 14.8. The highest BCUT2D eigenvalue weighted by Gasteiger charge is 2.29. The summed E-state index contributed by atoms with van der Waals surface area (Å²) in [7, 11) is 0. The van der Waals surface area contributed by atoms with Gasteiger partial charge in [-0.25, -0.2) is 0 Å². The maximum Gasteiger partial charge on any atom is 0.222 e. The van der Waals surface area contributed by atoms with Gasteiger partial charge in [-0.2, -0.15) is 0 Å². The topological polar surface area (TPSA) is 47.0 Å². The molecule has 1 aromatic carbocycles. The first-order valence-corrected chi connectivity index (χ1v) is 9.08. The number of hydrogen-bond donors (Lipinski definition) is 1. The SMILES string of the molecule is CC(C)N1CC(CN2CCN(c3cccc(O)c3)CC2)CCC1=O. The highest BCUT2D eigenvalue weighted by atomic mass is 16.3. The summed E-state index contributed by atoms with van der Waals surface area (Å²) in [5, 5.41) is 9.63. The van der Waals surface area contributed by atoms with Crippen LogP contribution in [0.3, 0.4) is 0 Å². The number of piperazine rings is 1. The molecule has 1 N–H and O–H groups in total. The molecule has 0 bridgehead atoms. The number of rotatable bonds is 4. The van der Waals surface area contributed by atoms with Crippen molar-refractivity contribution in [3.63, 3.8) is 0 Å². The Morgan fingerprint density at radius 1 is 1.21 bits per heavy atom. The van der Waals surface area contributed by atoms with Crippen molar-refractivity contribution in [2.24, 2.45) is 5.92 Å². The van der Waals surface area contributed by atoms with Gasteiger partial charge in [0, 0.05) is 63.5 Å². The van der Waals surface area contributed by atoms with Gasteiger partial charge in [0.25, 0.3) is 0 Å². The molecule has 2 fully saturated rings. The fraction of sp³-hybridized carbons (Fsp3) is 0.632. The number of carbonyl (C=O) groups excluding carboxylic acids is 1. The summed E-state index contributed by atoms with van der Waals surface area (Å²) in [4.78, 5) is 18.9. The summed E-state index contributed by atoms with van der Waals surface area (Å²) in [6.45, 7) is 10.3. The predicted molar refractivity (Wildman–Crippen MR) is 96.3 cm³/mol. The molecule has 0 aliphatic carbocycles. The summed E-state index contributed by atoms with van der Waals surface area (Å²) in [6, 6.07) is 7.81. The molecule has 1 atom stereocenters. The van der Waals surface area contributed by atoms with Gasteiger partial charge in [-0.1, -0.05) is 6.07 Å². The van der Waals surface area contributed by atoms with Crippen molar-refractivity contribution >= 4 is 11.6 Å². The van der Waals surface area contributed by atoms with E-state index in [9.17, 15) is 9.90 Å². The van der Waals surface area contributed by atoms with E-state index in [0.717, 1.165) is 51.4 Å². The first-order valence-electron chi connectivity index (χ1n) is 9.08. The van der Waals surface area contributed by atoms with Gasteiger partial charge >= 0.3 is 0 Å². The molecule has 0 aromatic heterocycles. The number of nitrogens with zero attached hydrogens (tertiary/aromatic N) is 3. The predicted octanol–water partition coefficient (Wildman–Crippen LogP) is 2.16. The average Bonchev–Trinajstić information content (AvgIpc) is 2.57. The van der Waals surface area contributed by atoms with Gasteiger partial charge in [0.15, 0.2) is 0 Å². The van der Waals surface area contributed by atoms with E-state index in [1.807, 2.05) is 17.0 Å². The van der Waals surface area contributed by atoms with Crippen molar-refractivity contribution in [1.29, 1.82) is 0 Å². The Labute approximate surface area is 144 Å². The molecule has 0 spiro atoms. The van der Waals surface area contributed by atoms with E-state index in [0.29, 0.717) is 30.0 Å². The Morgan fingerprint density at radius 2 is 1.96 bits per heavy atom. The molecule has 1 aromatic rings. The molecule has 24 heavy (non-hydrogen) atoms. The van der Waals surface area contributed by atoms with Crippen LogP contribution in [0.5, 0.6) is 5.75 Å². The first kappa shape index (κ1) is 17.1. The van der Waals surface area contributed by atoms with Crippen LogP contribution in [0.15, 0.2) is 24.3 Å². The normalized spacial score (nSPS) is 23.1. The fourth-order valence-corrected chi connectivity index (χ4v) is 3.83. The molecular weight excluding hydrogens is 302 g/mol. The summed E-state index contributed by atoms with van der Waals surface area (Å²) < 4.78 is 0. The minimum absolute atomic E-state index is 0.308. The smallest absolute Gasteiger partial charge is 0.222 e. The van der Waals surface area contributed by atoms with Gasteiger partial charge in [-0.15, -0.1) is 0 Å². The van der Waals surface area contributed by atoms with Crippen LogP contribution in [0, 0.1) is 5.92 Å². The molecule has 2 aliphatic rings. The van der Waals surface area contributed by atoms with Crippen molar-refractivity contribution in [1.82, 2.24) is 9.80 Å². The number of anilines is 1. The van der Waals surface area contributed by atoms with Crippen molar-refractivity contribution < 1.29 is 9.90 Å². The summed E-state index contributed by atoms with van der Waals surface area (Å²) in [5.74, 6) is 1.24. The lowest BCUT2D eigenvalue weighted by Crippen LogP contribution is -2.51. The third kappa shape index (κ3) is 4.01. The number of phenols is 1. The van der Waals surface area contributed by atoms with E-state index in [1.54, 1.807) is 6.07 Å². The van der Waals surface area contributed by atoms with Crippen LogP contribution in [0.1, 0.15) is 26.7 Å². The van der Waals surface area contributed by atoms with Crippen LogP contribution in [0.4, 0.5) is 5.69 Å². The van der Waals surface area contributed by atoms with Crippen molar-refractivity contribution in [2.75, 3.05) is 44.2 Å². The van der Waals surface area contributed by atoms with Gasteiger partial charge in [0.1, 0.15) is 5.75 Å². The molecule has 1 amide bonds. The first-order chi connectivity index (χ1) is 11.5. The van der Waals surface area contributed by atoms with E-state index >= 15 is 0 Å². The zero-order valence-corrected chi connectivity index (χ0v) is 14.8. The highest BCUT2D eigenvalue weighted by molar-refractivity contribution is 5.77. The van der Waals surface area contributed by atoms with E-state index in [2.05, 4.69) is 29.7 Å². The van der Waals surface area contributed by atoms with Crippen molar-refractivity contribution in [3.8, 4) is 5.75 Å². The Hall–Kier alpha value is -1.75. The third-order valence-corrected chi connectivity index (χ3v) is 5.25. The van der Waals surface area contributed by atoms with Gasteiger partial charge < -0.3 is 14.9 Å². The van der Waals surface area contributed by atoms with E-state index < -0.39 is 0 Å². The average molecular weight is 331 g/mol. The fourth-order valence-electron chi connectivity index (χ4n) is 3.83. The van der Waals surface area contributed by atoms with E-state index in [1.165, 1.54) is 0 Å². The second kappa shape index (κ2) is 7.43. The lowest BCUT2D eigenvalue weighted by atomic mass is 9.95. The van der Waals surface area contributed by atoms with Gasteiger partial charge in [0.05, 0.1) is 0 Å². The van der Waals surface area contributed by atoms with E-state index in [4.69, 9.17) is 0 Å². The summed E-state index contributed by atoms with van der Waals surface area (Å²) in [6.07, 6.45) is 1.72. The molecule has 0 radical (unpaired) electrons. The number of benzene rings is 1. The van der Waals surface area contributed by atoms with Crippen molar-refractivity contribution in [3.05, 3.63) is 24.3 Å². The number of piperidine rings is 1. The van der Waals surface area contributed by atoms with Gasteiger partial charge in [0.2, 0.25) is 5.91 Å². The maximum atomic E-state index is 12.0. The molecule has 5 nitrogen and oxygen atoms in total. The number of likely N-dealkylation sites (tertiary alicyclic amines) is 1. The number of phenolic OH excluding ortho intramolecular Hbond substituents is 1. The number of hydrogen-bond acceptors (Lipinski definition) is 4. The highest BCUT2D eigenvalue weighted by Crippen LogP contribution is 2.23. The largest absolute Gasteiger partial charge is 0.508 e. The molecule has 1 unspecified atom stereocenters. The molecule has 3 rings (SSSR count). The second-order valence-electron chi connectivity index (χ2n) is 7.35. The maximum absolute atomic E-state index is 12.0. The summed E-state index contributed by atoms with van der Waals surface area (Å²) in [5.41, 5.74) is 1.10. The molecular formula is C19H29N3O2. The van der Waals surface area contributed by atoms with Crippen LogP contribution in [-0.4, -0.2) is 66.1 Å². The Bertz CT molecular complexity index is 567. The van der Waals surface area contributed by atoms with Crippen LogP contribution in [0.2, 0.25) is 0 Å². The quantitative estimate of drug-likeness (QED) is 0.918. The van der Waals surface area contributed by atoms with Crippen LogP contribution < -0.4 is 4.90 Å². The second-order valence-corrected chi connectivity index (χ2v) is 7.35. The van der Waals surface area contributed by atoms with Crippen LogP contribution >= 0.6 is 0 Å².